The number of amides is 2. The van der Waals surface area contributed by atoms with Gasteiger partial charge in [0.25, 0.3) is 0 Å². The lowest BCUT2D eigenvalue weighted by Crippen LogP contribution is -2.43. The van der Waals surface area contributed by atoms with Gasteiger partial charge in [-0.1, -0.05) is 12.1 Å². The number of carbonyl (C=O) groups is 1. The number of para-hydroxylation sites is 1. The first-order chi connectivity index (χ1) is 14.1. The number of anilines is 1. The fourth-order valence-electron chi connectivity index (χ4n) is 3.47. The fourth-order valence-corrected chi connectivity index (χ4v) is 3.47. The summed E-state index contributed by atoms with van der Waals surface area (Å²) < 4.78 is 29.7. The summed E-state index contributed by atoms with van der Waals surface area (Å²) in [5.41, 5.74) is 0.791. The molecule has 1 fully saturated rings. The number of hydrogen-bond donors (Lipinski definition) is 2. The third kappa shape index (κ3) is 4.18. The van der Waals surface area contributed by atoms with Crippen molar-refractivity contribution in [2.45, 2.75) is 19.0 Å². The molecule has 0 saturated carbocycles. The van der Waals surface area contributed by atoms with E-state index in [1.807, 2.05) is 6.07 Å². The van der Waals surface area contributed by atoms with Crippen LogP contribution in [0.3, 0.4) is 0 Å². The van der Waals surface area contributed by atoms with Gasteiger partial charge in [0.05, 0.1) is 0 Å². The molecule has 1 aromatic carbocycles. The van der Waals surface area contributed by atoms with Gasteiger partial charge < -0.3 is 15.5 Å². The van der Waals surface area contributed by atoms with E-state index in [1.54, 1.807) is 40.5 Å². The molecule has 9 heteroatoms. The summed E-state index contributed by atoms with van der Waals surface area (Å²) >= 11 is 0. The summed E-state index contributed by atoms with van der Waals surface area (Å²) in [6.07, 6.45) is 7.35. The molecule has 0 aliphatic carbocycles. The number of aromatic nitrogens is 3. The van der Waals surface area contributed by atoms with Crippen molar-refractivity contribution in [3.63, 3.8) is 0 Å². The predicted octanol–water partition coefficient (Wildman–Crippen LogP) is 2.62. The standard InChI is InChI=1S/C20H20F2N6O/c21-16-4-1-5-17(22)18(16)27-9-6-15(12-27)26-20(29)25-11-14-3-2-7-24-19(14)28-10-8-23-13-28/h1-5,7-8,10,13,15H,6,9,11-12H2,(H2,25,26,29). The number of halogens is 2. The lowest BCUT2D eigenvalue weighted by Gasteiger charge is -2.20. The van der Waals surface area contributed by atoms with Crippen LogP contribution in [0.4, 0.5) is 19.3 Å². The number of imidazole rings is 1. The number of hydrogen-bond acceptors (Lipinski definition) is 4. The average molecular weight is 398 g/mol. The quantitative estimate of drug-likeness (QED) is 0.693. The number of rotatable bonds is 5. The summed E-state index contributed by atoms with van der Waals surface area (Å²) in [5, 5.41) is 5.68. The molecule has 1 atom stereocenters. The minimum Gasteiger partial charge on any atom is -0.365 e. The number of nitrogens with zero attached hydrogens (tertiary/aromatic N) is 4. The second-order valence-corrected chi connectivity index (χ2v) is 6.78. The first-order valence-corrected chi connectivity index (χ1v) is 9.27. The molecule has 150 valence electrons. The largest absolute Gasteiger partial charge is 0.365 e. The predicted molar refractivity (Wildman–Crippen MR) is 104 cm³/mol. The molecular formula is C20H20F2N6O. The first-order valence-electron chi connectivity index (χ1n) is 9.27. The molecule has 7 nitrogen and oxygen atoms in total. The van der Waals surface area contributed by atoms with Gasteiger partial charge in [-0.2, -0.15) is 0 Å². The third-order valence-corrected chi connectivity index (χ3v) is 4.83. The van der Waals surface area contributed by atoms with Gasteiger partial charge in [0, 0.05) is 49.8 Å². The Labute approximate surface area is 166 Å². The maximum atomic E-state index is 14.0. The van der Waals surface area contributed by atoms with Gasteiger partial charge in [-0.25, -0.2) is 23.5 Å². The second-order valence-electron chi connectivity index (χ2n) is 6.78. The van der Waals surface area contributed by atoms with Gasteiger partial charge in [0.1, 0.15) is 29.5 Å². The smallest absolute Gasteiger partial charge is 0.315 e. The lowest BCUT2D eigenvalue weighted by molar-refractivity contribution is 0.237. The van der Waals surface area contributed by atoms with Crippen LogP contribution < -0.4 is 15.5 Å². The molecule has 4 rings (SSSR count). The summed E-state index contributed by atoms with van der Waals surface area (Å²) in [6.45, 7) is 1.10. The number of carbonyl (C=O) groups excluding carboxylic acids is 1. The molecule has 1 aliphatic heterocycles. The van der Waals surface area contributed by atoms with Gasteiger partial charge in [-0.3, -0.25) is 4.57 Å². The second kappa shape index (κ2) is 8.26. The van der Waals surface area contributed by atoms with E-state index in [9.17, 15) is 13.6 Å². The van der Waals surface area contributed by atoms with E-state index in [2.05, 4.69) is 20.6 Å². The zero-order valence-electron chi connectivity index (χ0n) is 15.6. The zero-order valence-corrected chi connectivity index (χ0v) is 15.6. The van der Waals surface area contributed by atoms with Crippen molar-refractivity contribution in [2.24, 2.45) is 0 Å². The van der Waals surface area contributed by atoms with E-state index in [4.69, 9.17) is 0 Å². The molecule has 1 saturated heterocycles. The molecular weight excluding hydrogens is 378 g/mol. The Hall–Kier alpha value is -3.49. The number of pyridine rings is 1. The number of urea groups is 1. The van der Waals surface area contributed by atoms with E-state index in [0.29, 0.717) is 25.3 Å². The highest BCUT2D eigenvalue weighted by atomic mass is 19.1. The van der Waals surface area contributed by atoms with E-state index in [-0.39, 0.29) is 24.3 Å². The molecule has 1 unspecified atom stereocenters. The van der Waals surface area contributed by atoms with Crippen LogP contribution >= 0.6 is 0 Å². The first kappa shape index (κ1) is 18.9. The Balaban J connectivity index is 1.34. The summed E-state index contributed by atoms with van der Waals surface area (Å²) in [6, 6.07) is 6.94. The Kier molecular flexibility index (Phi) is 5.37. The maximum Gasteiger partial charge on any atom is 0.315 e. The Morgan fingerprint density at radius 3 is 2.76 bits per heavy atom. The van der Waals surface area contributed by atoms with E-state index in [0.717, 1.165) is 5.56 Å². The molecule has 2 N–H and O–H groups in total. The monoisotopic (exact) mass is 398 g/mol. The van der Waals surface area contributed by atoms with Crippen molar-refractivity contribution >= 4 is 11.7 Å². The van der Waals surface area contributed by atoms with Gasteiger partial charge in [-0.15, -0.1) is 0 Å². The van der Waals surface area contributed by atoms with E-state index < -0.39 is 11.6 Å². The molecule has 0 radical (unpaired) electrons. The third-order valence-electron chi connectivity index (χ3n) is 4.83. The molecule has 0 spiro atoms. The molecule has 0 bridgehead atoms. The Morgan fingerprint density at radius 2 is 2.00 bits per heavy atom. The van der Waals surface area contributed by atoms with Gasteiger partial charge in [0.15, 0.2) is 0 Å². The van der Waals surface area contributed by atoms with Crippen LogP contribution in [0.15, 0.2) is 55.2 Å². The number of benzene rings is 1. The van der Waals surface area contributed by atoms with Crippen molar-refractivity contribution in [1.82, 2.24) is 25.2 Å². The summed E-state index contributed by atoms with van der Waals surface area (Å²) in [7, 11) is 0. The highest BCUT2D eigenvalue weighted by Gasteiger charge is 2.27. The minimum atomic E-state index is -0.598. The maximum absolute atomic E-state index is 14.0. The topological polar surface area (TPSA) is 75.1 Å². The molecule has 2 aromatic heterocycles. The van der Waals surface area contributed by atoms with E-state index in [1.165, 1.54) is 18.2 Å². The van der Waals surface area contributed by atoms with Gasteiger partial charge in [0.2, 0.25) is 0 Å². The summed E-state index contributed by atoms with van der Waals surface area (Å²) in [4.78, 5) is 22.3. The Bertz CT molecular complexity index is 974. The van der Waals surface area contributed by atoms with Crippen LogP contribution in [0.1, 0.15) is 12.0 Å². The summed E-state index contributed by atoms with van der Waals surface area (Å²) in [5.74, 6) is -0.509. The van der Waals surface area contributed by atoms with Gasteiger partial charge >= 0.3 is 6.03 Å². The average Bonchev–Trinajstić information content (AvgIpc) is 3.39. The minimum absolute atomic E-state index is 0.0439. The van der Waals surface area contributed by atoms with Gasteiger partial charge in [-0.05, 0) is 24.6 Å². The van der Waals surface area contributed by atoms with Crippen molar-refractivity contribution in [3.8, 4) is 5.82 Å². The molecule has 3 heterocycles. The van der Waals surface area contributed by atoms with Crippen LogP contribution in [0, 0.1) is 11.6 Å². The highest BCUT2D eigenvalue weighted by Crippen LogP contribution is 2.26. The van der Waals surface area contributed by atoms with Crippen LogP contribution in [0.5, 0.6) is 0 Å². The fraction of sp³-hybridized carbons (Fsp3) is 0.250. The van der Waals surface area contributed by atoms with Crippen LogP contribution in [-0.2, 0) is 6.54 Å². The molecule has 3 aromatic rings. The van der Waals surface area contributed by atoms with Crippen LogP contribution in [0.25, 0.3) is 5.82 Å². The van der Waals surface area contributed by atoms with Crippen molar-refractivity contribution in [3.05, 3.63) is 72.4 Å². The Morgan fingerprint density at radius 1 is 1.17 bits per heavy atom. The van der Waals surface area contributed by atoms with Crippen LogP contribution in [0.2, 0.25) is 0 Å². The molecule has 1 aliphatic rings. The van der Waals surface area contributed by atoms with E-state index >= 15 is 0 Å². The number of nitrogens with one attached hydrogen (secondary N) is 2. The zero-order chi connectivity index (χ0) is 20.2. The normalized spacial score (nSPS) is 16.1. The lowest BCUT2D eigenvalue weighted by atomic mass is 10.2. The van der Waals surface area contributed by atoms with Crippen molar-refractivity contribution in [1.29, 1.82) is 0 Å². The van der Waals surface area contributed by atoms with Crippen molar-refractivity contribution in [2.75, 3.05) is 18.0 Å². The molecule has 2 amide bonds. The SMILES string of the molecule is O=C(NCc1cccnc1-n1ccnc1)NC1CCN(c2c(F)cccc2F)C1. The molecule has 29 heavy (non-hydrogen) atoms. The highest BCUT2D eigenvalue weighted by molar-refractivity contribution is 5.74. The van der Waals surface area contributed by atoms with Crippen molar-refractivity contribution < 1.29 is 13.6 Å². The van der Waals surface area contributed by atoms with Crippen LogP contribution in [-0.4, -0.2) is 39.7 Å².